The van der Waals surface area contributed by atoms with Crippen molar-refractivity contribution in [1.82, 2.24) is 0 Å². The van der Waals surface area contributed by atoms with E-state index < -0.39 is 55.7 Å². The van der Waals surface area contributed by atoms with Crippen LogP contribution in [0.5, 0.6) is 0 Å². The molecule has 0 unspecified atom stereocenters. The number of hydrogen-bond donors (Lipinski definition) is 2. The Hall–Kier alpha value is 0.411. The number of ether oxygens (including phenoxy) is 1. The summed E-state index contributed by atoms with van der Waals surface area (Å²) < 4.78 is 26.0. The molecule has 0 aliphatic carbocycles. The van der Waals surface area contributed by atoms with Gasteiger partial charge in [0.25, 0.3) is 0 Å². The van der Waals surface area contributed by atoms with Gasteiger partial charge >= 0.3 is 0 Å². The highest BCUT2D eigenvalue weighted by Crippen LogP contribution is 2.43. The number of aliphatic hydroxyl groups excluding tert-OH is 2. The Morgan fingerprint density at radius 3 is 1.36 bits per heavy atom. The van der Waals surface area contributed by atoms with E-state index in [9.17, 15) is 10.2 Å². The maximum absolute atomic E-state index is 11.0. The minimum Gasteiger partial charge on any atom is -0.414 e. The second kappa shape index (κ2) is 10.0. The summed E-state index contributed by atoms with van der Waals surface area (Å²) in [6, 6.07) is 0. The van der Waals surface area contributed by atoms with E-state index in [0.717, 1.165) is 0 Å². The van der Waals surface area contributed by atoms with E-state index >= 15 is 0 Å². The zero-order chi connectivity index (χ0) is 26.4. The molecule has 0 aromatic carbocycles. The maximum atomic E-state index is 11.0. The van der Waals surface area contributed by atoms with Gasteiger partial charge in [-0.25, -0.2) is 0 Å². The van der Waals surface area contributed by atoms with Gasteiger partial charge < -0.3 is 28.2 Å². The number of aliphatic hydroxyl groups is 2. The third kappa shape index (κ3) is 7.45. The molecule has 6 nitrogen and oxygen atoms in total. The quantitative estimate of drug-likeness (QED) is 0.407. The van der Waals surface area contributed by atoms with Gasteiger partial charge in [0.15, 0.2) is 31.2 Å². The van der Waals surface area contributed by atoms with Crippen LogP contribution in [0.4, 0.5) is 0 Å². The first kappa shape index (κ1) is 31.4. The molecule has 1 saturated heterocycles. The molecule has 1 aliphatic rings. The zero-order valence-electron chi connectivity index (χ0n) is 24.1. The first-order valence-electron chi connectivity index (χ1n) is 12.4. The summed E-state index contributed by atoms with van der Waals surface area (Å²) in [6.45, 7) is 33.1. The van der Waals surface area contributed by atoms with Gasteiger partial charge in [0, 0.05) is 0 Å². The normalized spacial score (nSPS) is 28.8. The summed E-state index contributed by atoms with van der Waals surface area (Å²) in [5, 5.41) is 21.7. The first-order chi connectivity index (χ1) is 14.3. The second-order valence-corrected chi connectivity index (χ2v) is 28.6. The smallest absolute Gasteiger partial charge is 0.192 e. The highest BCUT2D eigenvalue weighted by molar-refractivity contribution is 6.75. The zero-order valence-corrected chi connectivity index (χ0v) is 27.1. The van der Waals surface area contributed by atoms with E-state index in [1.165, 1.54) is 0 Å². The Bertz CT molecular complexity index is 646. The standard InChI is InChI=1S/C24H54O6Si3/c1-22(2,3)31(10,11)27-16-17-19(29-32(12,13)23(4,5)6)20(18(25)21(26)28-17)30-33(14,15)24(7,8)9/h17-21,25-26H,16H2,1-15H3/t17-,18-,19-,20-,21-/m1/s1. The van der Waals surface area contributed by atoms with E-state index in [1.807, 2.05) is 0 Å². The maximum Gasteiger partial charge on any atom is 0.192 e. The summed E-state index contributed by atoms with van der Waals surface area (Å²) in [7, 11) is -6.56. The van der Waals surface area contributed by atoms with Crippen LogP contribution in [-0.4, -0.2) is 72.5 Å². The van der Waals surface area contributed by atoms with Crippen molar-refractivity contribution in [3.05, 3.63) is 0 Å². The molecule has 0 saturated carbocycles. The fourth-order valence-electron chi connectivity index (χ4n) is 2.86. The van der Waals surface area contributed by atoms with Gasteiger partial charge in [-0.2, -0.15) is 0 Å². The van der Waals surface area contributed by atoms with E-state index in [2.05, 4.69) is 102 Å². The molecule has 1 aliphatic heterocycles. The average Bonchev–Trinajstić information content (AvgIpc) is 2.56. The lowest BCUT2D eigenvalue weighted by molar-refractivity contribution is -0.280. The van der Waals surface area contributed by atoms with Crippen LogP contribution in [0.3, 0.4) is 0 Å². The molecular weight excluding hydrogens is 469 g/mol. The molecule has 0 spiro atoms. The van der Waals surface area contributed by atoms with Crippen molar-refractivity contribution in [1.29, 1.82) is 0 Å². The lowest BCUT2D eigenvalue weighted by atomic mass is 9.99. The van der Waals surface area contributed by atoms with Gasteiger partial charge in [-0.05, 0) is 54.4 Å². The van der Waals surface area contributed by atoms with Gasteiger partial charge in [-0.1, -0.05) is 62.3 Å². The summed E-state index contributed by atoms with van der Waals surface area (Å²) in [5.41, 5.74) is 0. The molecule has 2 N–H and O–H groups in total. The molecule has 5 atom stereocenters. The van der Waals surface area contributed by atoms with E-state index in [1.54, 1.807) is 0 Å². The Labute approximate surface area is 207 Å². The highest BCUT2D eigenvalue weighted by Gasteiger charge is 2.53. The van der Waals surface area contributed by atoms with E-state index in [-0.39, 0.29) is 15.1 Å². The average molecular weight is 523 g/mol. The van der Waals surface area contributed by atoms with Gasteiger partial charge in [0.2, 0.25) is 0 Å². The van der Waals surface area contributed by atoms with Crippen molar-refractivity contribution in [3.8, 4) is 0 Å². The highest BCUT2D eigenvalue weighted by atomic mass is 28.4. The van der Waals surface area contributed by atoms with Crippen LogP contribution in [0, 0.1) is 0 Å². The molecule has 198 valence electrons. The molecular formula is C24H54O6Si3. The summed E-state index contributed by atoms with van der Waals surface area (Å²) >= 11 is 0. The van der Waals surface area contributed by atoms with Crippen molar-refractivity contribution >= 4 is 25.0 Å². The largest absolute Gasteiger partial charge is 0.414 e. The van der Waals surface area contributed by atoms with Crippen molar-refractivity contribution < 1.29 is 28.2 Å². The molecule has 0 aromatic heterocycles. The lowest BCUT2D eigenvalue weighted by Crippen LogP contribution is -2.66. The lowest BCUT2D eigenvalue weighted by Gasteiger charge is -2.51. The molecule has 33 heavy (non-hydrogen) atoms. The van der Waals surface area contributed by atoms with Crippen molar-refractivity contribution in [2.45, 2.75) is 147 Å². The SMILES string of the molecule is CC(C)(C)[Si](C)(C)OC[C@H]1O[C@@H](O)[C@H](O)[C@@H](O[Si](C)(C)C(C)(C)C)[C@@H]1O[Si](C)(C)C(C)(C)C. The molecule has 1 fully saturated rings. The topological polar surface area (TPSA) is 77.4 Å². The van der Waals surface area contributed by atoms with Crippen LogP contribution in [-0.2, 0) is 18.0 Å². The number of hydrogen-bond acceptors (Lipinski definition) is 6. The number of rotatable bonds is 7. The second-order valence-electron chi connectivity index (χ2n) is 14.3. The van der Waals surface area contributed by atoms with Crippen LogP contribution in [0.1, 0.15) is 62.3 Å². The van der Waals surface area contributed by atoms with E-state index in [4.69, 9.17) is 18.0 Å². The van der Waals surface area contributed by atoms with Gasteiger partial charge in [-0.15, -0.1) is 0 Å². The van der Waals surface area contributed by atoms with Crippen molar-refractivity contribution in [2.75, 3.05) is 6.61 Å². The molecule has 9 heteroatoms. The fraction of sp³-hybridized carbons (Fsp3) is 1.00. The Kier molecular flexibility index (Phi) is 9.57. The summed E-state index contributed by atoms with van der Waals surface area (Å²) in [5.74, 6) is 0. The van der Waals surface area contributed by atoms with Gasteiger partial charge in [0.1, 0.15) is 24.4 Å². The Morgan fingerprint density at radius 1 is 0.636 bits per heavy atom. The summed E-state index contributed by atoms with van der Waals surface area (Å²) in [6.07, 6.45) is -4.26. The molecule has 0 aromatic rings. The van der Waals surface area contributed by atoms with Crippen LogP contribution in [0.2, 0.25) is 54.4 Å². The van der Waals surface area contributed by atoms with Crippen LogP contribution in [0.15, 0.2) is 0 Å². The van der Waals surface area contributed by atoms with Crippen LogP contribution in [0.25, 0.3) is 0 Å². The predicted octanol–water partition coefficient (Wildman–Crippen LogP) is 5.87. The third-order valence-electron chi connectivity index (χ3n) is 8.52. The van der Waals surface area contributed by atoms with Crippen molar-refractivity contribution in [3.63, 3.8) is 0 Å². The fourth-order valence-corrected chi connectivity index (χ4v) is 6.50. The molecule has 0 bridgehead atoms. The molecule has 0 amide bonds. The molecule has 1 rings (SSSR count). The predicted molar refractivity (Wildman–Crippen MR) is 144 cm³/mol. The Morgan fingerprint density at radius 2 is 1.00 bits per heavy atom. The third-order valence-corrected chi connectivity index (χ3v) is 22.0. The monoisotopic (exact) mass is 522 g/mol. The Balaban J connectivity index is 3.40. The minimum atomic E-state index is -2.27. The minimum absolute atomic E-state index is 0.0274. The first-order valence-corrected chi connectivity index (χ1v) is 21.1. The molecule has 1 heterocycles. The van der Waals surface area contributed by atoms with Gasteiger partial charge in [0.05, 0.1) is 6.61 Å². The van der Waals surface area contributed by atoms with Gasteiger partial charge in [-0.3, -0.25) is 0 Å². The summed E-state index contributed by atoms with van der Waals surface area (Å²) in [4.78, 5) is 0. The van der Waals surface area contributed by atoms with E-state index in [0.29, 0.717) is 6.61 Å². The van der Waals surface area contributed by atoms with Crippen molar-refractivity contribution in [2.24, 2.45) is 0 Å². The van der Waals surface area contributed by atoms with Crippen LogP contribution < -0.4 is 0 Å². The molecule has 0 radical (unpaired) electrons. The van der Waals surface area contributed by atoms with Crippen LogP contribution >= 0.6 is 0 Å².